The quantitative estimate of drug-likeness (QED) is 0.332. The molecular weight excluding hydrogens is 177 g/mol. The summed E-state index contributed by atoms with van der Waals surface area (Å²) in [6, 6.07) is 0. The largest absolute Gasteiger partial charge is 1.00 e. The molecule has 0 saturated carbocycles. The van der Waals surface area contributed by atoms with E-state index in [1.807, 2.05) is 0 Å². The van der Waals surface area contributed by atoms with Crippen LogP contribution in [0, 0.1) is 7.43 Å². The maximum absolute atomic E-state index is 4.33. The molecule has 2 aliphatic heterocycles. The second-order valence-corrected chi connectivity index (χ2v) is 2.76. The first kappa shape index (κ1) is 12.9. The van der Waals surface area contributed by atoms with Crippen LogP contribution >= 0.6 is 0 Å². The third-order valence-electron chi connectivity index (χ3n) is 1.96. The minimum atomic E-state index is 0. The van der Waals surface area contributed by atoms with Gasteiger partial charge in [-0.2, -0.15) is 0 Å². The number of guanidine groups is 1. The molecule has 1 fully saturated rings. The van der Waals surface area contributed by atoms with Crippen molar-refractivity contribution in [3.05, 3.63) is 12.7 Å². The molecule has 12 heavy (non-hydrogen) atoms. The predicted molar refractivity (Wildman–Crippen MR) is 47.7 cm³/mol. The fourth-order valence-electron chi connectivity index (χ4n) is 1.44. The van der Waals surface area contributed by atoms with E-state index in [1.165, 1.54) is 25.9 Å². The van der Waals surface area contributed by atoms with E-state index in [2.05, 4.69) is 15.2 Å². The van der Waals surface area contributed by atoms with Gasteiger partial charge in [0.15, 0.2) is 0 Å². The van der Waals surface area contributed by atoms with Crippen LogP contribution in [-0.4, -0.2) is 37.0 Å². The van der Waals surface area contributed by atoms with E-state index in [-0.39, 0.29) is 58.8 Å². The maximum Gasteiger partial charge on any atom is 1.00 e. The van der Waals surface area contributed by atoms with Gasteiger partial charge in [0.25, 0.3) is 0 Å². The van der Waals surface area contributed by atoms with E-state index in [0.29, 0.717) is 0 Å². The van der Waals surface area contributed by atoms with Crippen molar-refractivity contribution in [2.45, 2.75) is 12.8 Å². The average Bonchev–Trinajstić information content (AvgIpc) is 2.05. The SMILES string of the molecule is C1CN=C2[N-]CCCN2C1.[CH3-].[K+]. The average molecular weight is 192 g/mol. The summed E-state index contributed by atoms with van der Waals surface area (Å²) in [6.07, 6.45) is 2.41. The molecule has 4 heteroatoms. The zero-order valence-corrected chi connectivity index (χ0v) is 11.2. The van der Waals surface area contributed by atoms with Crippen LogP contribution in [0.15, 0.2) is 4.99 Å². The number of nitrogens with zero attached hydrogens (tertiary/aromatic N) is 3. The van der Waals surface area contributed by atoms with Crippen LogP contribution < -0.4 is 51.4 Å². The van der Waals surface area contributed by atoms with Crippen molar-refractivity contribution in [3.63, 3.8) is 0 Å². The number of fused-ring (bicyclic) bond motifs is 1. The molecule has 0 unspecified atom stereocenters. The molecule has 64 valence electrons. The molecule has 0 spiro atoms. The van der Waals surface area contributed by atoms with Crippen molar-refractivity contribution in [2.75, 3.05) is 26.2 Å². The number of hydrogen-bond acceptors (Lipinski definition) is 2. The van der Waals surface area contributed by atoms with Gasteiger partial charge < -0.3 is 22.6 Å². The van der Waals surface area contributed by atoms with Crippen molar-refractivity contribution in [3.8, 4) is 0 Å². The molecule has 0 N–H and O–H groups in total. The zero-order chi connectivity index (χ0) is 6.81. The normalized spacial score (nSPS) is 20.7. The van der Waals surface area contributed by atoms with Crippen molar-refractivity contribution >= 4 is 5.96 Å². The minimum absolute atomic E-state index is 0. The maximum atomic E-state index is 4.33. The summed E-state index contributed by atoms with van der Waals surface area (Å²) < 4.78 is 0. The molecule has 0 aromatic carbocycles. The second-order valence-electron chi connectivity index (χ2n) is 2.76. The van der Waals surface area contributed by atoms with E-state index in [4.69, 9.17) is 0 Å². The van der Waals surface area contributed by atoms with Gasteiger partial charge in [0.1, 0.15) is 0 Å². The van der Waals surface area contributed by atoms with Gasteiger partial charge in [-0.25, -0.2) is 0 Å². The Morgan fingerprint density at radius 2 is 2.00 bits per heavy atom. The first-order valence-corrected chi connectivity index (χ1v) is 3.94. The summed E-state index contributed by atoms with van der Waals surface area (Å²) >= 11 is 0. The summed E-state index contributed by atoms with van der Waals surface area (Å²) in [6.45, 7) is 4.30. The van der Waals surface area contributed by atoms with Crippen LogP contribution in [0.3, 0.4) is 0 Å². The van der Waals surface area contributed by atoms with Crippen LogP contribution in [0.2, 0.25) is 0 Å². The van der Waals surface area contributed by atoms with Crippen LogP contribution in [0.25, 0.3) is 5.32 Å². The Labute approximate surface area is 117 Å². The molecule has 3 nitrogen and oxygen atoms in total. The molecule has 2 heterocycles. The standard InChI is InChI=1S/C7H12N3.CH3.K/c1-3-8-7-9-4-2-6-10(7)5-1;;/h1-6H2;1H3;/q2*-1;+1. The predicted octanol–water partition coefficient (Wildman–Crippen LogP) is -1.72. The Kier molecular flexibility index (Phi) is 6.86. The molecular formula is C8H15KN3-. The third kappa shape index (κ3) is 2.99. The number of rotatable bonds is 0. The van der Waals surface area contributed by atoms with Crippen molar-refractivity contribution < 1.29 is 51.4 Å². The van der Waals surface area contributed by atoms with Crippen molar-refractivity contribution in [1.82, 2.24) is 4.90 Å². The first-order chi connectivity index (χ1) is 4.97. The second kappa shape index (κ2) is 6.37. The molecule has 1 saturated heterocycles. The van der Waals surface area contributed by atoms with Gasteiger partial charge in [0.2, 0.25) is 0 Å². The Balaban J connectivity index is 0.000000605. The van der Waals surface area contributed by atoms with Crippen molar-refractivity contribution in [2.24, 2.45) is 4.99 Å². The smallest absolute Gasteiger partial charge is 0.426 e. The van der Waals surface area contributed by atoms with Gasteiger partial charge in [-0.05, 0) is 39.0 Å². The monoisotopic (exact) mass is 192 g/mol. The zero-order valence-electron chi connectivity index (χ0n) is 8.08. The van der Waals surface area contributed by atoms with Gasteiger partial charge in [-0.1, -0.05) is 0 Å². The Morgan fingerprint density at radius 3 is 2.75 bits per heavy atom. The minimum Gasteiger partial charge on any atom is -0.426 e. The molecule has 0 aliphatic carbocycles. The first-order valence-electron chi connectivity index (χ1n) is 3.94. The number of hydrogen-bond donors (Lipinski definition) is 0. The molecule has 2 aliphatic rings. The van der Waals surface area contributed by atoms with Gasteiger partial charge >= 0.3 is 51.4 Å². The van der Waals surface area contributed by atoms with Crippen LogP contribution in [-0.2, 0) is 0 Å². The Bertz CT molecular complexity index is 158. The fourth-order valence-corrected chi connectivity index (χ4v) is 1.44. The van der Waals surface area contributed by atoms with E-state index in [0.717, 1.165) is 19.0 Å². The van der Waals surface area contributed by atoms with Crippen molar-refractivity contribution in [1.29, 1.82) is 0 Å². The molecule has 0 aromatic rings. The number of aliphatic imine (C=N–C) groups is 1. The van der Waals surface area contributed by atoms with E-state index >= 15 is 0 Å². The van der Waals surface area contributed by atoms with E-state index in [1.54, 1.807) is 0 Å². The Morgan fingerprint density at radius 1 is 1.25 bits per heavy atom. The molecule has 2 rings (SSSR count). The molecule has 0 atom stereocenters. The Hall–Kier alpha value is 0.906. The summed E-state index contributed by atoms with van der Waals surface area (Å²) in [4.78, 5) is 6.61. The van der Waals surface area contributed by atoms with Crippen LogP contribution in [0.4, 0.5) is 0 Å². The molecule has 0 radical (unpaired) electrons. The summed E-state index contributed by atoms with van der Waals surface area (Å²) in [5.41, 5.74) is 0. The summed E-state index contributed by atoms with van der Waals surface area (Å²) in [7, 11) is 0. The van der Waals surface area contributed by atoms with E-state index in [9.17, 15) is 0 Å². The van der Waals surface area contributed by atoms with Gasteiger partial charge in [-0.15, -0.1) is 0 Å². The van der Waals surface area contributed by atoms with Gasteiger partial charge in [0, 0.05) is 5.96 Å². The van der Waals surface area contributed by atoms with Crippen LogP contribution in [0.1, 0.15) is 12.8 Å². The third-order valence-corrected chi connectivity index (χ3v) is 1.96. The summed E-state index contributed by atoms with van der Waals surface area (Å²) in [5, 5.41) is 4.33. The van der Waals surface area contributed by atoms with Crippen LogP contribution in [0.5, 0.6) is 0 Å². The summed E-state index contributed by atoms with van der Waals surface area (Å²) in [5.74, 6) is 1.01. The molecule has 0 aromatic heterocycles. The molecule has 0 bridgehead atoms. The van der Waals surface area contributed by atoms with E-state index < -0.39 is 0 Å². The fraction of sp³-hybridized carbons (Fsp3) is 0.750. The van der Waals surface area contributed by atoms with Gasteiger partial charge in [-0.3, -0.25) is 0 Å². The molecule has 0 amide bonds. The van der Waals surface area contributed by atoms with Gasteiger partial charge in [0.05, 0.1) is 0 Å². The topological polar surface area (TPSA) is 29.7 Å².